The molecule has 8 heteroatoms. The maximum atomic E-state index is 13.0. The lowest BCUT2D eigenvalue weighted by Crippen LogP contribution is -2.32. The molecule has 4 nitrogen and oxygen atoms in total. The first-order chi connectivity index (χ1) is 12.1. The number of amides is 1. The molecule has 2 aromatic heterocycles. The summed E-state index contributed by atoms with van der Waals surface area (Å²) in [6, 6.07) is 14.2. The van der Waals surface area contributed by atoms with Gasteiger partial charge in [-0.25, -0.2) is 4.98 Å². The van der Waals surface area contributed by atoms with Crippen molar-refractivity contribution in [1.29, 1.82) is 0 Å². The molecule has 2 N–H and O–H groups in total. The van der Waals surface area contributed by atoms with E-state index in [1.165, 1.54) is 16.9 Å². The summed E-state index contributed by atoms with van der Waals surface area (Å²) in [7, 11) is 0. The highest BCUT2D eigenvalue weighted by Gasteiger charge is 2.35. The van der Waals surface area contributed by atoms with Crippen LogP contribution in [0.2, 0.25) is 0 Å². The number of hydrogen-bond donors (Lipinski definition) is 1. The molecule has 0 saturated carbocycles. The number of rotatable bonds is 3. The van der Waals surface area contributed by atoms with Gasteiger partial charge in [0.05, 0.1) is 10.6 Å². The number of aryl methyl sites for hydroxylation is 1. The van der Waals surface area contributed by atoms with Crippen LogP contribution in [0.3, 0.4) is 0 Å². The van der Waals surface area contributed by atoms with E-state index in [0.717, 1.165) is 20.5 Å². The van der Waals surface area contributed by atoms with Gasteiger partial charge in [-0.2, -0.15) is 0 Å². The van der Waals surface area contributed by atoms with Crippen molar-refractivity contribution in [3.8, 4) is 9.88 Å². The number of benzene rings is 1. The summed E-state index contributed by atoms with van der Waals surface area (Å²) in [6.45, 7) is 3.16. The second-order valence-corrected chi connectivity index (χ2v) is 8.25. The summed E-state index contributed by atoms with van der Waals surface area (Å²) in [5, 5.41) is 2.94. The minimum Gasteiger partial charge on any atom is -0.336 e. The molecule has 0 bridgehead atoms. The van der Waals surface area contributed by atoms with Gasteiger partial charge in [-0.1, -0.05) is 36.4 Å². The van der Waals surface area contributed by atoms with Crippen LogP contribution in [-0.4, -0.2) is 34.9 Å². The topological polar surface area (TPSA) is 59.2 Å². The van der Waals surface area contributed by atoms with Crippen molar-refractivity contribution in [3.63, 3.8) is 0 Å². The Bertz CT molecular complexity index is 884. The molecule has 1 amide bonds. The van der Waals surface area contributed by atoms with Crippen LogP contribution < -0.4 is 5.73 Å². The van der Waals surface area contributed by atoms with Gasteiger partial charge in [0.25, 0.3) is 5.91 Å². The molecule has 1 aliphatic heterocycles. The van der Waals surface area contributed by atoms with E-state index in [2.05, 4.69) is 17.1 Å². The smallest absolute Gasteiger partial charge is 0.265 e. The van der Waals surface area contributed by atoms with E-state index in [4.69, 9.17) is 5.73 Å². The van der Waals surface area contributed by atoms with Crippen molar-refractivity contribution in [2.24, 2.45) is 5.73 Å². The first-order valence-electron chi connectivity index (χ1n) is 8.24. The standard InChI is InChI=1S/C19H19N3OS2.2ClH/c1-12-17(25-18(21-12)16-8-5-9-24-16)19(23)22-10-14(15(20)11-22)13-6-3-2-4-7-13;;/h2-9,14-15H,10-11,20H2,1H3;2*1H/t14-,15+;;/m0../s1. The SMILES string of the molecule is Cc1nc(-c2cccs2)sc1C(=O)N1C[C@@H](N)[C@H](c2ccccc2)C1.Cl.Cl. The number of aromatic nitrogens is 1. The van der Waals surface area contributed by atoms with E-state index in [1.807, 2.05) is 47.5 Å². The van der Waals surface area contributed by atoms with Crippen LogP contribution in [0.15, 0.2) is 47.8 Å². The molecule has 1 aliphatic rings. The molecule has 1 aromatic carbocycles. The van der Waals surface area contributed by atoms with Crippen molar-refractivity contribution >= 4 is 53.4 Å². The normalized spacial score (nSPS) is 18.7. The van der Waals surface area contributed by atoms with Crippen LogP contribution in [0.5, 0.6) is 0 Å². The van der Waals surface area contributed by atoms with Crippen molar-refractivity contribution in [3.05, 3.63) is 64.0 Å². The largest absolute Gasteiger partial charge is 0.336 e. The number of thiazole rings is 1. The van der Waals surface area contributed by atoms with E-state index >= 15 is 0 Å². The van der Waals surface area contributed by atoms with Crippen LogP contribution in [0.25, 0.3) is 9.88 Å². The third-order valence-corrected chi connectivity index (χ3v) is 6.79. The van der Waals surface area contributed by atoms with Gasteiger partial charge in [-0.3, -0.25) is 4.79 Å². The number of nitrogens with zero attached hydrogens (tertiary/aromatic N) is 2. The number of hydrogen-bond acceptors (Lipinski definition) is 5. The molecule has 3 aromatic rings. The Morgan fingerprint density at radius 1 is 1.15 bits per heavy atom. The number of nitrogens with two attached hydrogens (primary N) is 1. The first kappa shape index (κ1) is 21.9. The van der Waals surface area contributed by atoms with Crippen LogP contribution in [0.1, 0.15) is 26.8 Å². The molecule has 0 aliphatic carbocycles. The molecule has 1 saturated heterocycles. The number of likely N-dealkylation sites (tertiary alicyclic amines) is 1. The summed E-state index contributed by atoms with van der Waals surface area (Å²) in [5.74, 6) is 0.238. The Kier molecular flexibility index (Phi) is 7.42. The third kappa shape index (κ3) is 4.36. The molecule has 1 fully saturated rings. The highest BCUT2D eigenvalue weighted by atomic mass is 35.5. The highest BCUT2D eigenvalue weighted by Crippen LogP contribution is 2.33. The average Bonchev–Trinajstić information content (AvgIpc) is 3.34. The second-order valence-electron chi connectivity index (χ2n) is 6.30. The molecule has 144 valence electrons. The molecule has 0 unspecified atom stereocenters. The van der Waals surface area contributed by atoms with Gasteiger partial charge in [0.15, 0.2) is 0 Å². The lowest BCUT2D eigenvalue weighted by atomic mass is 9.95. The molecule has 0 radical (unpaired) electrons. The fourth-order valence-electron chi connectivity index (χ4n) is 3.29. The van der Waals surface area contributed by atoms with E-state index in [9.17, 15) is 4.79 Å². The van der Waals surface area contributed by atoms with Crippen LogP contribution in [0, 0.1) is 6.92 Å². The number of thiophene rings is 1. The van der Waals surface area contributed by atoms with Gasteiger partial charge >= 0.3 is 0 Å². The minimum atomic E-state index is -0.0312. The monoisotopic (exact) mass is 441 g/mol. The summed E-state index contributed by atoms with van der Waals surface area (Å²) < 4.78 is 0. The number of halogens is 2. The lowest BCUT2D eigenvalue weighted by Gasteiger charge is -2.15. The van der Waals surface area contributed by atoms with Gasteiger partial charge in [0, 0.05) is 25.0 Å². The number of carbonyl (C=O) groups is 1. The Balaban J connectivity index is 0.00000131. The zero-order valence-electron chi connectivity index (χ0n) is 14.7. The van der Waals surface area contributed by atoms with Gasteiger partial charge in [-0.05, 0) is 23.9 Å². The fourth-order valence-corrected chi connectivity index (χ4v) is 5.12. The van der Waals surface area contributed by atoms with Crippen molar-refractivity contribution in [2.45, 2.75) is 18.9 Å². The van der Waals surface area contributed by atoms with Crippen molar-refractivity contribution < 1.29 is 4.79 Å². The Morgan fingerprint density at radius 3 is 2.56 bits per heavy atom. The van der Waals surface area contributed by atoms with Crippen LogP contribution in [-0.2, 0) is 0 Å². The molecule has 3 heterocycles. The average molecular weight is 442 g/mol. The Morgan fingerprint density at radius 2 is 1.89 bits per heavy atom. The quantitative estimate of drug-likeness (QED) is 0.646. The summed E-state index contributed by atoms with van der Waals surface area (Å²) in [4.78, 5) is 21.3. The predicted molar refractivity (Wildman–Crippen MR) is 118 cm³/mol. The van der Waals surface area contributed by atoms with E-state index in [0.29, 0.717) is 13.1 Å². The number of carbonyl (C=O) groups excluding carboxylic acids is 1. The molecule has 0 spiro atoms. The zero-order chi connectivity index (χ0) is 17.4. The summed E-state index contributed by atoms with van der Waals surface area (Å²) in [6.07, 6.45) is 0. The van der Waals surface area contributed by atoms with E-state index in [-0.39, 0.29) is 42.7 Å². The van der Waals surface area contributed by atoms with Gasteiger partial charge < -0.3 is 10.6 Å². The Labute approximate surface area is 179 Å². The third-order valence-electron chi connectivity index (χ3n) is 4.60. The molecule has 2 atom stereocenters. The molecule has 4 rings (SSSR count). The molecular weight excluding hydrogens is 421 g/mol. The van der Waals surface area contributed by atoms with E-state index in [1.54, 1.807) is 11.3 Å². The summed E-state index contributed by atoms with van der Waals surface area (Å²) in [5.41, 5.74) is 8.33. The molecule has 27 heavy (non-hydrogen) atoms. The Hall–Kier alpha value is -1.44. The summed E-state index contributed by atoms with van der Waals surface area (Å²) >= 11 is 3.12. The fraction of sp³-hybridized carbons (Fsp3) is 0.263. The predicted octanol–water partition coefficient (Wildman–Crippen LogP) is 4.59. The van der Waals surface area contributed by atoms with Gasteiger partial charge in [0.1, 0.15) is 9.88 Å². The first-order valence-corrected chi connectivity index (χ1v) is 9.94. The second kappa shape index (κ2) is 9.17. The minimum absolute atomic E-state index is 0. The van der Waals surface area contributed by atoms with E-state index < -0.39 is 0 Å². The molecular formula is C19H21Cl2N3OS2. The maximum absolute atomic E-state index is 13.0. The van der Waals surface area contributed by atoms with Crippen LogP contribution in [0.4, 0.5) is 0 Å². The van der Waals surface area contributed by atoms with Crippen LogP contribution >= 0.6 is 47.5 Å². The highest BCUT2D eigenvalue weighted by molar-refractivity contribution is 7.22. The lowest BCUT2D eigenvalue weighted by molar-refractivity contribution is 0.0793. The zero-order valence-corrected chi connectivity index (χ0v) is 18.0. The van der Waals surface area contributed by atoms with Crippen molar-refractivity contribution in [2.75, 3.05) is 13.1 Å². The van der Waals surface area contributed by atoms with Gasteiger partial charge in [0.2, 0.25) is 0 Å². The van der Waals surface area contributed by atoms with Gasteiger partial charge in [-0.15, -0.1) is 47.5 Å². The maximum Gasteiger partial charge on any atom is 0.265 e. The van der Waals surface area contributed by atoms with Crippen molar-refractivity contribution in [1.82, 2.24) is 9.88 Å².